The van der Waals surface area contributed by atoms with Crippen LogP contribution < -0.4 is 4.72 Å². The Kier molecular flexibility index (Phi) is 10.2. The molecule has 134 valence electrons. The van der Waals surface area contributed by atoms with Gasteiger partial charge in [0.25, 0.3) is 0 Å². The molecule has 0 aliphatic carbocycles. The highest BCUT2D eigenvalue weighted by molar-refractivity contribution is 7.89. The third-order valence-corrected chi connectivity index (χ3v) is 5.49. The highest BCUT2D eigenvalue weighted by Crippen LogP contribution is 2.17. The van der Waals surface area contributed by atoms with E-state index in [4.69, 9.17) is 0 Å². The van der Waals surface area contributed by atoms with Gasteiger partial charge in [0, 0.05) is 6.54 Å². The Balaban J connectivity index is 2.36. The molecule has 0 aliphatic heterocycles. The van der Waals surface area contributed by atoms with Crippen LogP contribution >= 0.6 is 0 Å². The lowest BCUT2D eigenvalue weighted by atomic mass is 9.96. The normalized spacial score (nSPS) is 12.5. The van der Waals surface area contributed by atoms with Crippen LogP contribution in [0.3, 0.4) is 0 Å². The Morgan fingerprint density at radius 1 is 1.08 bits per heavy atom. The fraction of sp³-hybridized carbons (Fsp3) is 0.611. The second kappa shape index (κ2) is 12.0. The van der Waals surface area contributed by atoms with Crippen molar-refractivity contribution in [3.8, 4) is 0 Å². The Morgan fingerprint density at radius 3 is 2.46 bits per heavy atom. The summed E-state index contributed by atoms with van der Waals surface area (Å²) in [5, 5.41) is 0. The van der Waals surface area contributed by atoms with Crippen LogP contribution in [-0.2, 0) is 14.8 Å². The molecule has 1 rings (SSSR count). The summed E-state index contributed by atoms with van der Waals surface area (Å²) < 4.78 is 26.9. The maximum Gasteiger partial charge on any atom is 0.240 e. The highest BCUT2D eigenvalue weighted by Gasteiger charge is 2.13. The van der Waals surface area contributed by atoms with E-state index in [1.807, 2.05) is 0 Å². The van der Waals surface area contributed by atoms with Crippen molar-refractivity contribution in [3.05, 3.63) is 30.3 Å². The van der Waals surface area contributed by atoms with Gasteiger partial charge in [-0.05, 0) is 37.3 Å². The molecule has 1 aromatic rings. The van der Waals surface area contributed by atoms with Crippen molar-refractivity contribution in [3.63, 3.8) is 0 Å². The fourth-order valence-corrected chi connectivity index (χ4v) is 3.73. The average Bonchev–Trinajstić information content (AvgIpc) is 2.60. The molecule has 0 amide bonds. The lowest BCUT2D eigenvalue weighted by molar-refractivity contribution is 0.422. The molecule has 0 saturated heterocycles. The number of sulfonamides is 1. The lowest BCUT2D eigenvalue weighted by Gasteiger charge is -2.14. The highest BCUT2D eigenvalue weighted by atomic mass is 32.2. The summed E-state index contributed by atoms with van der Waals surface area (Å²) in [6.45, 7) is 3.06. The zero-order valence-corrected chi connectivity index (χ0v) is 15.2. The molecule has 0 aliphatic rings. The SMILES string of the molecule is CCCCCCC(CCCNS(=O)(=O)c1ccccc1)CN=C=O. The fourth-order valence-electron chi connectivity index (χ4n) is 2.63. The van der Waals surface area contributed by atoms with Crippen molar-refractivity contribution >= 4 is 16.1 Å². The zero-order chi connectivity index (χ0) is 17.7. The second-order valence-electron chi connectivity index (χ2n) is 6.00. The van der Waals surface area contributed by atoms with Gasteiger partial charge < -0.3 is 0 Å². The summed E-state index contributed by atoms with van der Waals surface area (Å²) in [4.78, 5) is 14.3. The minimum atomic E-state index is -3.44. The molecular formula is C18H28N2O3S. The Morgan fingerprint density at radius 2 is 1.79 bits per heavy atom. The third kappa shape index (κ3) is 8.39. The van der Waals surface area contributed by atoms with E-state index in [9.17, 15) is 13.2 Å². The first-order chi connectivity index (χ1) is 11.6. The summed E-state index contributed by atoms with van der Waals surface area (Å²) >= 11 is 0. The zero-order valence-electron chi connectivity index (χ0n) is 14.4. The standard InChI is InChI=1S/C18H28N2O3S/c1-2-3-4-6-10-17(15-19-16-21)11-9-14-20-24(22,23)18-12-7-5-8-13-18/h5,7-8,12-13,17,20H,2-4,6,9-11,14-15H2,1H3. The van der Waals surface area contributed by atoms with Gasteiger partial charge in [-0.15, -0.1) is 0 Å². The molecule has 0 saturated carbocycles. The van der Waals surface area contributed by atoms with Crippen molar-refractivity contribution in [2.45, 2.75) is 56.8 Å². The third-order valence-electron chi connectivity index (χ3n) is 4.01. The van der Waals surface area contributed by atoms with E-state index in [2.05, 4.69) is 16.6 Å². The van der Waals surface area contributed by atoms with Gasteiger partial charge in [-0.1, -0.05) is 50.8 Å². The van der Waals surface area contributed by atoms with Gasteiger partial charge in [0.2, 0.25) is 16.1 Å². The van der Waals surface area contributed by atoms with Crippen molar-refractivity contribution in [2.75, 3.05) is 13.1 Å². The van der Waals surface area contributed by atoms with E-state index in [0.717, 1.165) is 25.7 Å². The van der Waals surface area contributed by atoms with Gasteiger partial charge in [-0.25, -0.2) is 22.9 Å². The Hall–Kier alpha value is -1.49. The maximum absolute atomic E-state index is 12.1. The topological polar surface area (TPSA) is 75.6 Å². The minimum absolute atomic E-state index is 0.284. The van der Waals surface area contributed by atoms with E-state index < -0.39 is 10.0 Å². The first-order valence-electron chi connectivity index (χ1n) is 8.68. The predicted molar refractivity (Wildman–Crippen MR) is 96.1 cm³/mol. The summed E-state index contributed by atoms with van der Waals surface area (Å²) in [7, 11) is -3.44. The van der Waals surface area contributed by atoms with Crippen molar-refractivity contribution in [2.24, 2.45) is 10.9 Å². The van der Waals surface area contributed by atoms with E-state index in [1.165, 1.54) is 19.3 Å². The van der Waals surface area contributed by atoms with Gasteiger partial charge in [-0.2, -0.15) is 0 Å². The number of unbranched alkanes of at least 4 members (excludes halogenated alkanes) is 3. The van der Waals surface area contributed by atoms with Gasteiger partial charge in [0.1, 0.15) is 0 Å². The summed E-state index contributed by atoms with van der Waals surface area (Å²) in [6, 6.07) is 8.36. The van der Waals surface area contributed by atoms with Crippen LogP contribution in [0.5, 0.6) is 0 Å². The van der Waals surface area contributed by atoms with Crippen molar-refractivity contribution in [1.82, 2.24) is 4.72 Å². The van der Waals surface area contributed by atoms with E-state index in [0.29, 0.717) is 19.0 Å². The Labute approximate surface area is 145 Å². The number of hydrogen-bond acceptors (Lipinski definition) is 4. The van der Waals surface area contributed by atoms with Gasteiger partial charge >= 0.3 is 0 Å². The maximum atomic E-state index is 12.1. The number of hydrogen-bond donors (Lipinski definition) is 1. The predicted octanol–water partition coefficient (Wildman–Crippen LogP) is 3.67. The number of aliphatic imine (C=N–C) groups is 1. The molecular weight excluding hydrogens is 324 g/mol. The lowest BCUT2D eigenvalue weighted by Crippen LogP contribution is -2.25. The summed E-state index contributed by atoms with van der Waals surface area (Å²) in [5.74, 6) is 0.324. The molecule has 24 heavy (non-hydrogen) atoms. The number of nitrogens with one attached hydrogen (secondary N) is 1. The second-order valence-corrected chi connectivity index (χ2v) is 7.77. The molecule has 0 aromatic heterocycles. The van der Waals surface area contributed by atoms with Crippen LogP contribution in [-0.4, -0.2) is 27.6 Å². The smallest absolute Gasteiger partial charge is 0.211 e. The largest absolute Gasteiger partial charge is 0.240 e. The first kappa shape index (κ1) is 20.6. The molecule has 1 N–H and O–H groups in total. The average molecular weight is 353 g/mol. The van der Waals surface area contributed by atoms with Crippen LogP contribution in [0.4, 0.5) is 0 Å². The van der Waals surface area contributed by atoms with Crippen LogP contribution in [0.2, 0.25) is 0 Å². The van der Waals surface area contributed by atoms with Gasteiger partial charge in [0.15, 0.2) is 0 Å². The molecule has 0 heterocycles. The van der Waals surface area contributed by atoms with E-state index in [1.54, 1.807) is 36.4 Å². The monoisotopic (exact) mass is 352 g/mol. The first-order valence-corrected chi connectivity index (χ1v) is 10.2. The van der Waals surface area contributed by atoms with Crippen LogP contribution in [0.25, 0.3) is 0 Å². The molecule has 1 unspecified atom stereocenters. The van der Waals surface area contributed by atoms with Crippen LogP contribution in [0, 0.1) is 5.92 Å². The van der Waals surface area contributed by atoms with E-state index in [-0.39, 0.29) is 4.90 Å². The van der Waals surface area contributed by atoms with Crippen LogP contribution in [0.1, 0.15) is 51.9 Å². The molecule has 0 radical (unpaired) electrons. The van der Waals surface area contributed by atoms with Crippen molar-refractivity contribution < 1.29 is 13.2 Å². The number of rotatable bonds is 13. The van der Waals surface area contributed by atoms with Gasteiger partial charge in [-0.3, -0.25) is 0 Å². The molecule has 6 heteroatoms. The number of benzene rings is 1. The number of nitrogens with zero attached hydrogens (tertiary/aromatic N) is 1. The quantitative estimate of drug-likeness (QED) is 0.334. The molecule has 0 fully saturated rings. The van der Waals surface area contributed by atoms with Gasteiger partial charge in [0.05, 0.1) is 11.4 Å². The molecule has 0 bridgehead atoms. The Bertz CT molecular complexity index is 596. The van der Waals surface area contributed by atoms with Crippen molar-refractivity contribution in [1.29, 1.82) is 0 Å². The van der Waals surface area contributed by atoms with Crippen LogP contribution in [0.15, 0.2) is 40.2 Å². The number of isocyanates is 1. The molecule has 1 atom stereocenters. The molecule has 5 nitrogen and oxygen atoms in total. The van der Waals surface area contributed by atoms with E-state index >= 15 is 0 Å². The summed E-state index contributed by atoms with van der Waals surface area (Å²) in [5.41, 5.74) is 0. The number of carbonyl (C=O) groups excluding carboxylic acids is 1. The summed E-state index contributed by atoms with van der Waals surface area (Å²) in [6.07, 6.45) is 8.95. The molecule has 1 aromatic carbocycles. The minimum Gasteiger partial charge on any atom is -0.211 e. The molecule has 0 spiro atoms.